The lowest BCUT2D eigenvalue weighted by molar-refractivity contribution is 0.0936. The summed E-state index contributed by atoms with van der Waals surface area (Å²) in [5, 5.41) is 6.37. The second-order valence-electron chi connectivity index (χ2n) is 10.8. The van der Waals surface area contributed by atoms with E-state index < -0.39 is 23.0 Å². The molecule has 36 heavy (non-hydrogen) atoms. The van der Waals surface area contributed by atoms with Gasteiger partial charge in [-0.05, 0) is 66.0 Å². The molecule has 1 aromatic heterocycles. The first-order valence-electron chi connectivity index (χ1n) is 11.8. The molecule has 1 aliphatic rings. The molecule has 1 heterocycles. The Morgan fingerprint density at radius 3 is 2.31 bits per heavy atom. The molecule has 1 saturated carbocycles. The van der Waals surface area contributed by atoms with E-state index in [0.717, 1.165) is 36.3 Å². The van der Waals surface area contributed by atoms with E-state index in [1.807, 2.05) is 0 Å². The van der Waals surface area contributed by atoms with Gasteiger partial charge in [0.2, 0.25) is 5.78 Å². The van der Waals surface area contributed by atoms with Crippen molar-refractivity contribution in [3.63, 3.8) is 0 Å². The van der Waals surface area contributed by atoms with Crippen LogP contribution in [0.1, 0.15) is 66.1 Å². The summed E-state index contributed by atoms with van der Waals surface area (Å²) in [5.74, 6) is -2.63. The first kappa shape index (κ1) is 25.8. The predicted molar refractivity (Wildman–Crippen MR) is 139 cm³/mol. The summed E-state index contributed by atoms with van der Waals surface area (Å²) in [4.78, 5) is 29.4. The third-order valence-corrected chi connectivity index (χ3v) is 7.78. The highest BCUT2D eigenvalue weighted by molar-refractivity contribution is 7.18. The number of thiazole rings is 1. The van der Waals surface area contributed by atoms with Crippen molar-refractivity contribution in [3.8, 4) is 0 Å². The van der Waals surface area contributed by atoms with E-state index in [-0.39, 0.29) is 32.6 Å². The monoisotopic (exact) mass is 512 g/mol. The maximum absolute atomic E-state index is 14.0. The number of nitrogens with one attached hydrogen (secondary N) is 2. The Morgan fingerprint density at radius 2 is 1.72 bits per heavy atom. The molecule has 9 heteroatoms. The quantitative estimate of drug-likeness (QED) is 0.329. The number of nitrogens with zero attached hydrogens (tertiary/aromatic N) is 1. The number of nitrogens with two attached hydrogens (primary N) is 1. The van der Waals surface area contributed by atoms with Crippen LogP contribution in [0.25, 0.3) is 0 Å². The van der Waals surface area contributed by atoms with Crippen LogP contribution in [0.2, 0.25) is 0 Å². The van der Waals surface area contributed by atoms with Gasteiger partial charge in [0.1, 0.15) is 22.3 Å². The molecule has 1 unspecified atom stereocenters. The number of hydrogen-bond donors (Lipinski definition) is 3. The van der Waals surface area contributed by atoms with Crippen molar-refractivity contribution in [1.29, 1.82) is 0 Å². The number of hydrogen-bond acceptors (Lipinski definition) is 6. The lowest BCUT2D eigenvalue weighted by Gasteiger charge is -2.27. The molecule has 2 aromatic carbocycles. The number of aromatic nitrogens is 1. The average Bonchev–Trinajstić information content (AvgIpc) is 3.25. The molecular formula is C27H30F2N4O2S. The van der Waals surface area contributed by atoms with Gasteiger partial charge in [0.15, 0.2) is 5.13 Å². The molecule has 6 nitrogen and oxygen atoms in total. The Hall–Kier alpha value is -3.33. The molecular weight excluding hydrogens is 482 g/mol. The van der Waals surface area contributed by atoms with E-state index in [0.29, 0.717) is 23.7 Å². The number of carbonyl (C=O) groups is 2. The highest BCUT2D eigenvalue weighted by Crippen LogP contribution is 2.52. The summed E-state index contributed by atoms with van der Waals surface area (Å²) in [6.07, 6.45) is 2.21. The summed E-state index contributed by atoms with van der Waals surface area (Å²) in [5.41, 5.74) is 6.80. The van der Waals surface area contributed by atoms with Crippen LogP contribution in [0.3, 0.4) is 0 Å². The molecule has 1 amide bonds. The summed E-state index contributed by atoms with van der Waals surface area (Å²) in [6.45, 7) is 9.70. The molecule has 0 aliphatic heterocycles. The van der Waals surface area contributed by atoms with Crippen LogP contribution in [0.15, 0.2) is 42.5 Å². The summed E-state index contributed by atoms with van der Waals surface area (Å²) >= 11 is 0.898. The van der Waals surface area contributed by atoms with E-state index in [9.17, 15) is 18.4 Å². The standard InChI is InChI=1S/C27H30F2N4O2S/c1-26(2)12-16(27(3,4)14-26)13-31-24(35)15-8-10-17(11-9-15)32-25-33-23(30)22(36-25)21(34)20-18(28)6-5-7-19(20)29/h5-11,16H,12-14,30H2,1-4H3,(H,31,35)(H,32,33). The van der Waals surface area contributed by atoms with Gasteiger partial charge in [-0.15, -0.1) is 0 Å². The maximum atomic E-state index is 14.0. The largest absolute Gasteiger partial charge is 0.382 e. The van der Waals surface area contributed by atoms with Crippen LogP contribution < -0.4 is 16.4 Å². The average molecular weight is 513 g/mol. The molecule has 4 N–H and O–H groups in total. The molecule has 0 bridgehead atoms. The van der Waals surface area contributed by atoms with Crippen LogP contribution >= 0.6 is 11.3 Å². The number of ketones is 1. The van der Waals surface area contributed by atoms with Crippen molar-refractivity contribution in [1.82, 2.24) is 10.3 Å². The van der Waals surface area contributed by atoms with Crippen LogP contribution in [-0.4, -0.2) is 23.2 Å². The highest BCUT2D eigenvalue weighted by atomic mass is 32.1. The minimum absolute atomic E-state index is 0.0597. The van der Waals surface area contributed by atoms with Gasteiger partial charge in [0.25, 0.3) is 5.91 Å². The van der Waals surface area contributed by atoms with Gasteiger partial charge in [0, 0.05) is 17.8 Å². The lowest BCUT2D eigenvalue weighted by atomic mass is 9.81. The first-order chi connectivity index (χ1) is 16.9. The third-order valence-electron chi connectivity index (χ3n) is 6.80. The summed E-state index contributed by atoms with van der Waals surface area (Å²) in [7, 11) is 0. The van der Waals surface area contributed by atoms with Gasteiger partial charge in [0.05, 0.1) is 5.56 Å². The van der Waals surface area contributed by atoms with Crippen LogP contribution in [0.4, 0.5) is 25.4 Å². The van der Waals surface area contributed by atoms with E-state index in [1.54, 1.807) is 24.3 Å². The fourth-order valence-electron chi connectivity index (χ4n) is 5.26. The number of benzene rings is 2. The van der Waals surface area contributed by atoms with Gasteiger partial charge in [-0.3, -0.25) is 9.59 Å². The lowest BCUT2D eigenvalue weighted by Crippen LogP contribution is -2.33. The van der Waals surface area contributed by atoms with E-state index in [1.165, 1.54) is 6.07 Å². The number of carbonyl (C=O) groups excluding carboxylic acids is 2. The smallest absolute Gasteiger partial charge is 0.251 e. The minimum Gasteiger partial charge on any atom is -0.382 e. The molecule has 1 fully saturated rings. The van der Waals surface area contributed by atoms with E-state index in [4.69, 9.17) is 5.73 Å². The minimum atomic E-state index is -0.962. The van der Waals surface area contributed by atoms with Gasteiger partial charge in [-0.1, -0.05) is 45.1 Å². The fourth-order valence-corrected chi connectivity index (χ4v) is 6.12. The molecule has 1 atom stereocenters. The third kappa shape index (κ3) is 5.41. The molecule has 0 radical (unpaired) electrons. The molecule has 0 spiro atoms. The Morgan fingerprint density at radius 1 is 1.08 bits per heavy atom. The Bertz CT molecular complexity index is 1280. The topological polar surface area (TPSA) is 97.1 Å². The zero-order valence-corrected chi connectivity index (χ0v) is 21.6. The molecule has 4 rings (SSSR count). The van der Waals surface area contributed by atoms with Crippen LogP contribution in [-0.2, 0) is 0 Å². The summed E-state index contributed by atoms with van der Waals surface area (Å²) in [6, 6.07) is 10.0. The normalized spacial score (nSPS) is 18.1. The second-order valence-corrected chi connectivity index (χ2v) is 11.8. The fraction of sp³-hybridized carbons (Fsp3) is 0.370. The Labute approximate surface area is 213 Å². The zero-order valence-electron chi connectivity index (χ0n) is 20.7. The van der Waals surface area contributed by atoms with Crippen molar-refractivity contribution in [2.45, 2.75) is 40.5 Å². The van der Waals surface area contributed by atoms with Crippen molar-refractivity contribution in [2.24, 2.45) is 16.7 Å². The van der Waals surface area contributed by atoms with Crippen LogP contribution in [0.5, 0.6) is 0 Å². The Kier molecular flexibility index (Phi) is 6.88. The van der Waals surface area contributed by atoms with E-state index in [2.05, 4.69) is 43.3 Å². The van der Waals surface area contributed by atoms with Crippen molar-refractivity contribution in [2.75, 3.05) is 17.6 Å². The molecule has 3 aromatic rings. The van der Waals surface area contributed by atoms with Gasteiger partial charge in [-0.25, -0.2) is 13.8 Å². The first-order valence-corrected chi connectivity index (χ1v) is 12.6. The number of rotatable bonds is 7. The van der Waals surface area contributed by atoms with Gasteiger partial charge >= 0.3 is 0 Å². The predicted octanol–water partition coefficient (Wildman–Crippen LogP) is 6.17. The van der Waals surface area contributed by atoms with Crippen LogP contribution in [0, 0.1) is 28.4 Å². The van der Waals surface area contributed by atoms with E-state index >= 15 is 0 Å². The van der Waals surface area contributed by atoms with Crippen molar-refractivity contribution in [3.05, 3.63) is 70.1 Å². The second kappa shape index (κ2) is 9.61. The van der Waals surface area contributed by atoms with Crippen molar-refractivity contribution >= 4 is 39.7 Å². The van der Waals surface area contributed by atoms with Crippen molar-refractivity contribution < 1.29 is 18.4 Å². The molecule has 190 valence electrons. The molecule has 0 saturated heterocycles. The van der Waals surface area contributed by atoms with Gasteiger partial charge < -0.3 is 16.4 Å². The summed E-state index contributed by atoms with van der Waals surface area (Å²) < 4.78 is 28.0. The maximum Gasteiger partial charge on any atom is 0.251 e. The highest BCUT2D eigenvalue weighted by Gasteiger charge is 2.44. The zero-order chi connectivity index (χ0) is 26.3. The number of halogens is 2. The SMILES string of the molecule is CC1(C)CC(CNC(=O)c2ccc(Nc3nc(N)c(C(=O)c4c(F)cccc4F)s3)cc2)C(C)(C)C1. The molecule has 1 aliphatic carbocycles. The van der Waals surface area contributed by atoms with Gasteiger partial charge in [-0.2, -0.15) is 0 Å². The number of amides is 1. The number of anilines is 3. The number of nitrogen functional groups attached to an aromatic ring is 1. The Balaban J connectivity index is 1.40.